The molecule has 98 heavy (non-hydrogen) atoms. The van der Waals surface area contributed by atoms with Gasteiger partial charge in [-0.3, -0.25) is 9.59 Å². The highest BCUT2D eigenvalue weighted by atomic mass is 16.5. The number of carbonyl (C=O) groups excluding carboxylic acids is 2. The fourth-order valence-electron chi connectivity index (χ4n) is 22.2. The Balaban J connectivity index is 0.000000276. The number of fused-ring (bicyclic) bond motifs is 10. The van der Waals surface area contributed by atoms with Gasteiger partial charge in [0, 0.05) is 62.5 Å². The molecular weight excluding hydrogens is 1220 g/mol. The lowest BCUT2D eigenvalue weighted by Gasteiger charge is -2.65. The minimum Gasteiger partial charge on any atom is -0.510 e. The van der Waals surface area contributed by atoms with Crippen LogP contribution in [0.5, 0.6) is 0 Å². The molecule has 554 valence electrons. The molecule has 0 saturated heterocycles. The zero-order valence-electron chi connectivity index (χ0n) is 62.7. The third kappa shape index (κ3) is 20.6. The maximum Gasteiger partial charge on any atom is 0.220 e. The minimum atomic E-state index is -0.142. The average molecular weight is 1360 g/mol. The molecule has 0 bridgehead atoms. The molecule has 0 heterocycles. The summed E-state index contributed by atoms with van der Waals surface area (Å²) in [6.07, 6.45) is 45.3. The van der Waals surface area contributed by atoms with Crippen LogP contribution in [0, 0.1) is 117 Å². The summed E-state index contributed by atoms with van der Waals surface area (Å²) in [5.41, 5.74) is 18.0. The van der Waals surface area contributed by atoms with Crippen molar-refractivity contribution in [1.29, 1.82) is 5.26 Å². The first kappa shape index (κ1) is 81.1. The fraction of sp³-hybridized carbons (Fsp3) is 0.866. The number of unbranched alkanes of at least 4 members (excludes halogenated alkanes) is 10. The second-order valence-electron chi connectivity index (χ2n) is 32.9. The van der Waals surface area contributed by atoms with Crippen molar-refractivity contribution in [3.05, 3.63) is 60.1 Å². The molecule has 16 heteroatoms. The van der Waals surface area contributed by atoms with Gasteiger partial charge in [0.25, 0.3) is 0 Å². The molecule has 8 aliphatic rings. The monoisotopic (exact) mass is 1360 g/mol. The molecule has 0 radical (unpaired) electrons. The predicted molar refractivity (Wildman–Crippen MR) is 393 cm³/mol. The summed E-state index contributed by atoms with van der Waals surface area (Å²) in [5.74, 6) is 5.79. The molecule has 8 saturated carbocycles. The Bertz CT molecular complexity index is 2590. The molecule has 8 N–H and O–H groups in total. The van der Waals surface area contributed by atoms with Crippen LogP contribution in [0.4, 0.5) is 0 Å². The number of carbonyl (C=O) groups is 2. The average Bonchev–Trinajstić information content (AvgIpc) is 1.32. The largest absolute Gasteiger partial charge is 0.510 e. The number of ether oxygens (including phenoxy) is 6. The molecule has 16 nitrogen and oxygen atoms in total. The van der Waals surface area contributed by atoms with Crippen molar-refractivity contribution in [2.45, 2.75) is 304 Å². The Labute approximate surface area is 595 Å². The smallest absolute Gasteiger partial charge is 0.220 e. The lowest BCUT2D eigenvalue weighted by Crippen LogP contribution is -2.63. The topological polar surface area (TPSA) is 224 Å². The SMILES string of the molecule is CCCCCCCCNC(=O)CC[C@H](C)C1CC[C@H]2C3C(OCCCN)CC4C[C@H](OCCCN)CC[C@]4(C)[C@H]3C[C@H](OCCCN)[C@]12C.[C-]#[N+]C=CO[C@@H]1CC[C@@]2(C)C(CC(OC=CC#N)C3[C@@H]4CCC([C@@H](C)CCC(=O)NCCCCCCCC)[C@@]4(C)[C@@H](OC=C[N+]#[C-])C[C@@H]32)C1. The van der Waals surface area contributed by atoms with Crippen LogP contribution in [0.25, 0.3) is 9.69 Å². The van der Waals surface area contributed by atoms with Gasteiger partial charge in [-0.2, -0.15) is 5.26 Å². The van der Waals surface area contributed by atoms with E-state index in [9.17, 15) is 14.9 Å². The van der Waals surface area contributed by atoms with Gasteiger partial charge < -0.3 is 56.3 Å². The lowest BCUT2D eigenvalue weighted by atomic mass is 9.43. The standard InChI is InChI=1S/C41H60N4O4.C41H78N4O4/c1-7-8-9-10-11-12-21-45-38(46)17-14-30(2)33-15-16-34-39-35(29-37(41(33,34)4)49-26-23-44-6)40(3)19-18-32(47-25-22-43-5)27-31(40)28-36(39)48-24-13-20-42;1-5-6-7-8-9-10-23-45-38(46)17-14-30(2)33-15-16-34-39-35(29-37(41(33,34)4)49-26-13-22-44)40(3)19-18-32(47-24-11-20-42)27-31(40)28-36(39)48-25-12-21-43/h13,22-26,30-37,39H,7-12,14-19,21,27-29H2,1-4H3,(H,45,46);30-37,39H,5-29,42-44H2,1-4H3,(H,45,46)/t2*30-,31?,32+,33?,34-,35-,36?,37-,39?,40-,41+/m00/s1. The summed E-state index contributed by atoms with van der Waals surface area (Å²) in [7, 11) is 0. The summed E-state index contributed by atoms with van der Waals surface area (Å²) in [6.45, 7) is 39.5. The van der Waals surface area contributed by atoms with Gasteiger partial charge in [-0.1, -0.05) is 120 Å². The summed E-state index contributed by atoms with van der Waals surface area (Å²) in [4.78, 5) is 32.5. The highest BCUT2D eigenvalue weighted by molar-refractivity contribution is 5.76. The second-order valence-corrected chi connectivity index (χ2v) is 32.9. The van der Waals surface area contributed by atoms with E-state index in [2.05, 4.69) is 81.8 Å². The number of nitriles is 1. The van der Waals surface area contributed by atoms with Crippen molar-refractivity contribution in [2.75, 3.05) is 52.5 Å². The fourth-order valence-corrected chi connectivity index (χ4v) is 22.2. The Morgan fingerprint density at radius 2 is 0.990 bits per heavy atom. The molecule has 0 aliphatic heterocycles. The molecular formula is C82H138N8O8. The Kier molecular flexibility index (Phi) is 34.1. The summed E-state index contributed by atoms with van der Waals surface area (Å²) < 4.78 is 39.4. The molecule has 22 atom stereocenters. The number of nitrogens with one attached hydrogen (secondary N) is 2. The van der Waals surface area contributed by atoms with Crippen LogP contribution in [0.2, 0.25) is 0 Å². The van der Waals surface area contributed by atoms with E-state index >= 15 is 0 Å². The van der Waals surface area contributed by atoms with E-state index in [4.69, 9.17) is 58.8 Å². The van der Waals surface area contributed by atoms with E-state index in [1.807, 2.05) is 0 Å². The highest BCUT2D eigenvalue weighted by Gasteiger charge is 2.69. The quantitative estimate of drug-likeness (QED) is 0.0167. The molecule has 2 amide bonds. The van der Waals surface area contributed by atoms with Crippen LogP contribution in [0.15, 0.2) is 37.3 Å². The normalized spacial score (nSPS) is 36.0. The summed E-state index contributed by atoms with van der Waals surface area (Å²) in [5, 5.41) is 15.7. The van der Waals surface area contributed by atoms with Gasteiger partial charge in [-0.05, 0) is 230 Å². The van der Waals surface area contributed by atoms with Crippen LogP contribution in [0.1, 0.15) is 267 Å². The van der Waals surface area contributed by atoms with E-state index in [0.29, 0.717) is 110 Å². The van der Waals surface area contributed by atoms with Crippen molar-refractivity contribution in [3.63, 3.8) is 0 Å². The van der Waals surface area contributed by atoms with Crippen molar-refractivity contribution < 1.29 is 38.0 Å². The van der Waals surface area contributed by atoms with Gasteiger partial charge >= 0.3 is 0 Å². The van der Waals surface area contributed by atoms with Crippen molar-refractivity contribution in [1.82, 2.24) is 10.6 Å². The second kappa shape index (κ2) is 41.2. The number of hydrogen-bond donors (Lipinski definition) is 5. The van der Waals surface area contributed by atoms with E-state index in [0.717, 1.165) is 148 Å². The zero-order valence-corrected chi connectivity index (χ0v) is 62.7. The van der Waals surface area contributed by atoms with Gasteiger partial charge in [-0.15, -0.1) is 0 Å². The molecule has 8 unspecified atom stereocenters. The molecule has 0 aromatic heterocycles. The summed E-state index contributed by atoms with van der Waals surface area (Å²) >= 11 is 0. The molecule has 8 aliphatic carbocycles. The van der Waals surface area contributed by atoms with Gasteiger partial charge in [-0.25, -0.2) is 9.69 Å². The number of amides is 2. The third-order valence-electron chi connectivity index (χ3n) is 27.5. The molecule has 0 aromatic rings. The molecule has 8 rings (SSSR count). The first-order chi connectivity index (χ1) is 47.5. The maximum atomic E-state index is 12.9. The predicted octanol–water partition coefficient (Wildman–Crippen LogP) is 16.7. The minimum absolute atomic E-state index is 0.0175. The zero-order chi connectivity index (χ0) is 70.6. The van der Waals surface area contributed by atoms with Gasteiger partial charge in [0.1, 0.15) is 12.2 Å². The van der Waals surface area contributed by atoms with E-state index in [-0.39, 0.29) is 64.0 Å². The number of allylic oxidation sites excluding steroid dienone is 1. The third-order valence-corrected chi connectivity index (χ3v) is 27.5. The van der Waals surface area contributed by atoms with Crippen molar-refractivity contribution in [3.8, 4) is 6.07 Å². The number of nitrogens with zero attached hydrogens (tertiary/aromatic N) is 3. The van der Waals surface area contributed by atoms with Crippen LogP contribution in [-0.4, -0.2) is 101 Å². The molecule has 8 fully saturated rings. The first-order valence-electron chi connectivity index (χ1n) is 40.0. The number of hydrogen-bond acceptors (Lipinski definition) is 12. The van der Waals surface area contributed by atoms with Crippen LogP contribution in [0.3, 0.4) is 0 Å². The van der Waals surface area contributed by atoms with Gasteiger partial charge in [0.2, 0.25) is 11.8 Å². The Hall–Kier alpha value is -4.21. The number of rotatable bonds is 40. The first-order valence-corrected chi connectivity index (χ1v) is 40.0. The Morgan fingerprint density at radius 1 is 0.531 bits per heavy atom. The van der Waals surface area contributed by atoms with Crippen LogP contribution >= 0.6 is 0 Å². The maximum absolute atomic E-state index is 12.9. The number of nitrogens with two attached hydrogens (primary N) is 3. The Morgan fingerprint density at radius 3 is 1.52 bits per heavy atom. The van der Waals surface area contributed by atoms with Gasteiger partial charge in [0.15, 0.2) is 12.4 Å². The van der Waals surface area contributed by atoms with Gasteiger partial charge in [0.05, 0.1) is 68.5 Å². The van der Waals surface area contributed by atoms with E-state index in [1.165, 1.54) is 108 Å². The lowest BCUT2D eigenvalue weighted by molar-refractivity contribution is -0.227. The van der Waals surface area contributed by atoms with E-state index in [1.54, 1.807) is 12.5 Å². The summed E-state index contributed by atoms with van der Waals surface area (Å²) in [6, 6.07) is 2.10. The van der Waals surface area contributed by atoms with Crippen molar-refractivity contribution in [2.24, 2.45) is 110 Å². The molecule has 0 aromatic carbocycles. The van der Waals surface area contributed by atoms with Crippen molar-refractivity contribution >= 4 is 11.8 Å². The van der Waals surface area contributed by atoms with E-state index < -0.39 is 0 Å². The van der Waals surface area contributed by atoms with Crippen LogP contribution in [-0.2, 0) is 38.0 Å². The molecule has 0 spiro atoms. The highest BCUT2D eigenvalue weighted by Crippen LogP contribution is 2.71. The van der Waals surface area contributed by atoms with Crippen LogP contribution < -0.4 is 27.8 Å².